The summed E-state index contributed by atoms with van der Waals surface area (Å²) >= 11 is 0. The highest BCUT2D eigenvalue weighted by atomic mass is 19.4. The lowest BCUT2D eigenvalue weighted by atomic mass is 9.81. The van der Waals surface area contributed by atoms with E-state index in [9.17, 15) is 13.2 Å². The topological polar surface area (TPSA) is 38.0 Å². The molecule has 1 aliphatic carbocycles. The summed E-state index contributed by atoms with van der Waals surface area (Å²) in [6.45, 7) is 1.90. The molecule has 0 radical (unpaired) electrons. The molecule has 1 saturated carbocycles. The molecular weight excluding hydrogens is 205 g/mol. The summed E-state index contributed by atoms with van der Waals surface area (Å²) in [5, 5.41) is 3.08. The Balaban J connectivity index is 2.29. The number of alkyl halides is 3. The molecule has 1 rings (SSSR count). The molecule has 2 atom stereocenters. The Bertz CT molecular complexity index is 182. The minimum atomic E-state index is -4.01. The Labute approximate surface area is 88.4 Å². The maximum absolute atomic E-state index is 12.5. The molecule has 0 aromatic carbocycles. The highest BCUT2D eigenvalue weighted by Crippen LogP contribution is 2.39. The zero-order valence-electron chi connectivity index (χ0n) is 8.82. The fourth-order valence-electron chi connectivity index (χ4n) is 2.18. The number of halogens is 3. The standard InChI is InChI=1S/C10H19F3N2/c11-10(12,13)9-3-1-2-8(6-9)7-15-5-4-14/h8-9,15H,1-7,14H2. The monoisotopic (exact) mass is 224 g/mol. The zero-order chi connectivity index (χ0) is 11.3. The molecule has 0 aromatic rings. The van der Waals surface area contributed by atoms with Gasteiger partial charge >= 0.3 is 6.18 Å². The van der Waals surface area contributed by atoms with Crippen LogP contribution in [0.2, 0.25) is 0 Å². The molecule has 0 bridgehead atoms. The first-order valence-corrected chi connectivity index (χ1v) is 5.51. The van der Waals surface area contributed by atoms with Crippen molar-refractivity contribution in [3.63, 3.8) is 0 Å². The van der Waals surface area contributed by atoms with E-state index in [1.807, 2.05) is 0 Å². The second kappa shape index (κ2) is 5.70. The summed E-state index contributed by atoms with van der Waals surface area (Å²) in [4.78, 5) is 0. The lowest BCUT2D eigenvalue weighted by molar-refractivity contribution is -0.185. The highest BCUT2D eigenvalue weighted by Gasteiger charge is 2.41. The summed E-state index contributed by atoms with van der Waals surface area (Å²) in [6, 6.07) is 0. The fourth-order valence-corrected chi connectivity index (χ4v) is 2.18. The fraction of sp³-hybridized carbons (Fsp3) is 1.00. The predicted octanol–water partition coefficient (Wildman–Crippen LogP) is 1.90. The van der Waals surface area contributed by atoms with Crippen LogP contribution in [0.1, 0.15) is 25.7 Å². The summed E-state index contributed by atoms with van der Waals surface area (Å²) in [7, 11) is 0. The third-order valence-corrected chi connectivity index (χ3v) is 3.00. The molecule has 0 aliphatic heterocycles. The molecule has 0 aromatic heterocycles. The van der Waals surface area contributed by atoms with Crippen molar-refractivity contribution < 1.29 is 13.2 Å². The van der Waals surface area contributed by atoms with E-state index in [1.54, 1.807) is 0 Å². The smallest absolute Gasteiger partial charge is 0.329 e. The van der Waals surface area contributed by atoms with Gasteiger partial charge in [-0.3, -0.25) is 0 Å². The molecule has 1 aliphatic rings. The molecule has 5 heteroatoms. The molecule has 0 heterocycles. The number of nitrogens with one attached hydrogen (secondary N) is 1. The van der Waals surface area contributed by atoms with Gasteiger partial charge in [0.2, 0.25) is 0 Å². The van der Waals surface area contributed by atoms with Gasteiger partial charge in [-0.1, -0.05) is 6.42 Å². The van der Waals surface area contributed by atoms with Crippen molar-refractivity contribution in [2.45, 2.75) is 31.9 Å². The second-order valence-electron chi connectivity index (χ2n) is 4.26. The molecule has 15 heavy (non-hydrogen) atoms. The quantitative estimate of drug-likeness (QED) is 0.716. The number of hydrogen-bond acceptors (Lipinski definition) is 2. The predicted molar refractivity (Wildman–Crippen MR) is 53.4 cm³/mol. The van der Waals surface area contributed by atoms with Crippen molar-refractivity contribution in [3.8, 4) is 0 Å². The van der Waals surface area contributed by atoms with Crippen molar-refractivity contribution in [1.82, 2.24) is 5.32 Å². The Morgan fingerprint density at radius 2 is 2.00 bits per heavy atom. The van der Waals surface area contributed by atoms with Crippen molar-refractivity contribution >= 4 is 0 Å². The van der Waals surface area contributed by atoms with Crippen LogP contribution < -0.4 is 11.1 Å². The molecule has 1 fully saturated rings. The van der Waals surface area contributed by atoms with Crippen molar-refractivity contribution in [1.29, 1.82) is 0 Å². The van der Waals surface area contributed by atoms with E-state index < -0.39 is 12.1 Å². The van der Waals surface area contributed by atoms with E-state index in [1.165, 1.54) is 0 Å². The van der Waals surface area contributed by atoms with Crippen molar-refractivity contribution in [2.24, 2.45) is 17.6 Å². The Kier molecular flexibility index (Phi) is 4.86. The first-order valence-electron chi connectivity index (χ1n) is 5.51. The molecule has 0 amide bonds. The molecule has 90 valence electrons. The van der Waals surface area contributed by atoms with Gasteiger partial charge in [0.05, 0.1) is 5.92 Å². The van der Waals surface area contributed by atoms with Crippen LogP contribution in [0.4, 0.5) is 13.2 Å². The molecule has 3 N–H and O–H groups in total. The van der Waals surface area contributed by atoms with E-state index in [0.717, 1.165) is 6.42 Å². The largest absolute Gasteiger partial charge is 0.391 e. The number of nitrogens with two attached hydrogens (primary N) is 1. The maximum atomic E-state index is 12.5. The van der Waals surface area contributed by atoms with Gasteiger partial charge in [0, 0.05) is 13.1 Å². The summed E-state index contributed by atoms with van der Waals surface area (Å²) in [5.74, 6) is -0.923. The van der Waals surface area contributed by atoms with Crippen LogP contribution in [0, 0.1) is 11.8 Å². The molecule has 2 nitrogen and oxygen atoms in total. The molecule has 0 spiro atoms. The van der Waals surface area contributed by atoms with E-state index >= 15 is 0 Å². The van der Waals surface area contributed by atoms with Crippen molar-refractivity contribution in [2.75, 3.05) is 19.6 Å². The van der Waals surface area contributed by atoms with Crippen LogP contribution in [0.15, 0.2) is 0 Å². The molecule has 2 unspecified atom stereocenters. The van der Waals surface area contributed by atoms with Crippen LogP contribution >= 0.6 is 0 Å². The van der Waals surface area contributed by atoms with Crippen LogP contribution in [0.3, 0.4) is 0 Å². The number of rotatable bonds is 4. The normalized spacial score (nSPS) is 28.0. The van der Waals surface area contributed by atoms with E-state index in [-0.39, 0.29) is 12.3 Å². The highest BCUT2D eigenvalue weighted by molar-refractivity contribution is 4.78. The lowest BCUT2D eigenvalue weighted by Gasteiger charge is -2.30. The SMILES string of the molecule is NCCNCC1CCCC(C(F)(F)F)C1. The van der Waals surface area contributed by atoms with Crippen LogP contribution in [-0.2, 0) is 0 Å². The zero-order valence-corrected chi connectivity index (χ0v) is 8.82. The molecule has 0 saturated heterocycles. The van der Waals surface area contributed by atoms with Gasteiger partial charge in [-0.15, -0.1) is 0 Å². The minimum absolute atomic E-state index is 0.164. The van der Waals surface area contributed by atoms with Gasteiger partial charge in [0.15, 0.2) is 0 Å². The van der Waals surface area contributed by atoms with Gasteiger partial charge in [-0.05, 0) is 31.7 Å². The summed E-state index contributed by atoms with van der Waals surface area (Å²) in [5.41, 5.74) is 5.30. The Hall–Kier alpha value is -0.290. The summed E-state index contributed by atoms with van der Waals surface area (Å²) < 4.78 is 37.4. The van der Waals surface area contributed by atoms with Crippen LogP contribution in [0.5, 0.6) is 0 Å². The molecular formula is C10H19F3N2. The van der Waals surface area contributed by atoms with E-state index in [4.69, 9.17) is 5.73 Å². The Morgan fingerprint density at radius 1 is 1.27 bits per heavy atom. The third-order valence-electron chi connectivity index (χ3n) is 3.00. The maximum Gasteiger partial charge on any atom is 0.391 e. The number of hydrogen-bond donors (Lipinski definition) is 2. The van der Waals surface area contributed by atoms with E-state index in [2.05, 4.69) is 5.32 Å². The third kappa shape index (κ3) is 4.38. The summed E-state index contributed by atoms with van der Waals surface area (Å²) in [6.07, 6.45) is -1.83. The van der Waals surface area contributed by atoms with Gasteiger partial charge in [-0.25, -0.2) is 0 Å². The van der Waals surface area contributed by atoms with Crippen molar-refractivity contribution in [3.05, 3.63) is 0 Å². The van der Waals surface area contributed by atoms with Gasteiger partial charge in [0.1, 0.15) is 0 Å². The average Bonchev–Trinajstić information content (AvgIpc) is 2.17. The van der Waals surface area contributed by atoms with E-state index in [0.29, 0.717) is 32.5 Å². The van der Waals surface area contributed by atoms with Crippen LogP contribution in [0.25, 0.3) is 0 Å². The van der Waals surface area contributed by atoms with Crippen LogP contribution in [-0.4, -0.2) is 25.8 Å². The first kappa shape index (κ1) is 12.8. The second-order valence-corrected chi connectivity index (χ2v) is 4.26. The van der Waals surface area contributed by atoms with Gasteiger partial charge in [0.25, 0.3) is 0 Å². The minimum Gasteiger partial charge on any atom is -0.329 e. The Morgan fingerprint density at radius 3 is 2.60 bits per heavy atom. The lowest BCUT2D eigenvalue weighted by Crippen LogP contribution is -2.34. The van der Waals surface area contributed by atoms with Gasteiger partial charge in [-0.2, -0.15) is 13.2 Å². The first-order chi connectivity index (χ1) is 7.04. The average molecular weight is 224 g/mol. The van der Waals surface area contributed by atoms with Gasteiger partial charge < -0.3 is 11.1 Å².